The summed E-state index contributed by atoms with van der Waals surface area (Å²) in [6.45, 7) is 9.47. The normalized spacial score (nSPS) is 15.8. The summed E-state index contributed by atoms with van der Waals surface area (Å²) >= 11 is 0. The summed E-state index contributed by atoms with van der Waals surface area (Å²) in [7, 11) is 0. The van der Waals surface area contributed by atoms with E-state index in [-0.39, 0.29) is 5.56 Å². The highest BCUT2D eigenvalue weighted by Crippen LogP contribution is 2.26. The van der Waals surface area contributed by atoms with Crippen LogP contribution >= 0.6 is 0 Å². The summed E-state index contributed by atoms with van der Waals surface area (Å²) in [5, 5.41) is 4.65. The van der Waals surface area contributed by atoms with E-state index in [2.05, 4.69) is 38.8 Å². The fourth-order valence-corrected chi connectivity index (χ4v) is 4.48. The van der Waals surface area contributed by atoms with Gasteiger partial charge in [0.1, 0.15) is 5.69 Å². The third-order valence-electron chi connectivity index (χ3n) is 6.27. The summed E-state index contributed by atoms with van der Waals surface area (Å²) in [6.07, 6.45) is 8.43. The fourth-order valence-electron chi connectivity index (χ4n) is 4.48. The van der Waals surface area contributed by atoms with Gasteiger partial charge in [-0.3, -0.25) is 19.2 Å². The number of aromatic nitrogens is 6. The van der Waals surface area contributed by atoms with E-state index in [0.717, 1.165) is 61.5 Å². The molecule has 0 aliphatic carbocycles. The lowest BCUT2D eigenvalue weighted by molar-refractivity contribution is 0.220. The van der Waals surface area contributed by atoms with Crippen LogP contribution in [0.25, 0.3) is 22.6 Å². The molecule has 0 radical (unpaired) electrons. The average molecular weight is 418 g/mol. The van der Waals surface area contributed by atoms with Gasteiger partial charge in [0.15, 0.2) is 5.65 Å². The summed E-state index contributed by atoms with van der Waals surface area (Å²) in [4.78, 5) is 29.3. The van der Waals surface area contributed by atoms with Crippen LogP contribution in [-0.2, 0) is 6.42 Å². The minimum atomic E-state index is -0.114. The lowest BCUT2D eigenvalue weighted by atomic mass is 9.94. The molecule has 4 aromatic heterocycles. The van der Waals surface area contributed by atoms with Crippen molar-refractivity contribution in [3.05, 3.63) is 58.2 Å². The van der Waals surface area contributed by atoms with Crippen molar-refractivity contribution < 1.29 is 0 Å². The molecule has 0 aromatic carbocycles. The number of aryl methyl sites for hydroxylation is 2. The number of rotatable bonds is 4. The third-order valence-corrected chi connectivity index (χ3v) is 6.27. The molecule has 5 rings (SSSR count). The van der Waals surface area contributed by atoms with Crippen molar-refractivity contribution in [3.8, 4) is 11.4 Å². The standard InChI is InChI=1S/C23H27N7O/c1-4-17-21-10-19(27-30(21)13-15(3)25-17)18-11-23(31)29-14-20(24-12-22(29)26-18)16-6-8-28(5-2)9-7-16/h10-14,16H,4-9H2,1-3H3. The molecule has 5 heterocycles. The topological polar surface area (TPSA) is 80.7 Å². The second kappa shape index (κ2) is 7.85. The molecule has 0 bridgehead atoms. The van der Waals surface area contributed by atoms with Crippen LogP contribution in [0.15, 0.2) is 35.5 Å². The first-order valence-corrected chi connectivity index (χ1v) is 11.0. The van der Waals surface area contributed by atoms with Crippen LogP contribution < -0.4 is 5.56 Å². The number of hydrogen-bond acceptors (Lipinski definition) is 6. The Morgan fingerprint density at radius 1 is 1.06 bits per heavy atom. The highest BCUT2D eigenvalue weighted by atomic mass is 16.1. The van der Waals surface area contributed by atoms with Gasteiger partial charge in [0.25, 0.3) is 5.56 Å². The van der Waals surface area contributed by atoms with Crippen LogP contribution in [0.1, 0.15) is 49.7 Å². The first-order chi connectivity index (χ1) is 15.1. The first-order valence-electron chi connectivity index (χ1n) is 11.0. The van der Waals surface area contributed by atoms with Gasteiger partial charge in [0.2, 0.25) is 0 Å². The summed E-state index contributed by atoms with van der Waals surface area (Å²) in [6, 6.07) is 3.51. The molecule has 0 unspecified atom stereocenters. The number of piperidine rings is 1. The lowest BCUT2D eigenvalue weighted by Crippen LogP contribution is -2.33. The first kappa shape index (κ1) is 19.8. The number of likely N-dealkylation sites (tertiary alicyclic amines) is 1. The summed E-state index contributed by atoms with van der Waals surface area (Å²) < 4.78 is 3.43. The van der Waals surface area contributed by atoms with Crippen LogP contribution in [-0.4, -0.2) is 53.5 Å². The molecule has 31 heavy (non-hydrogen) atoms. The molecule has 160 valence electrons. The van der Waals surface area contributed by atoms with Crippen LogP contribution in [0.5, 0.6) is 0 Å². The van der Waals surface area contributed by atoms with E-state index in [1.807, 2.05) is 29.9 Å². The van der Waals surface area contributed by atoms with Gasteiger partial charge in [-0.05, 0) is 51.9 Å². The van der Waals surface area contributed by atoms with Gasteiger partial charge < -0.3 is 4.90 Å². The van der Waals surface area contributed by atoms with E-state index < -0.39 is 0 Å². The van der Waals surface area contributed by atoms with Crippen LogP contribution in [0.2, 0.25) is 0 Å². The van der Waals surface area contributed by atoms with Gasteiger partial charge in [-0.25, -0.2) is 9.50 Å². The van der Waals surface area contributed by atoms with Gasteiger partial charge in [-0.2, -0.15) is 5.10 Å². The molecule has 1 fully saturated rings. The Hall–Kier alpha value is -3.13. The monoisotopic (exact) mass is 417 g/mol. The molecule has 1 aliphatic rings. The molecule has 8 heteroatoms. The Morgan fingerprint density at radius 2 is 1.87 bits per heavy atom. The molecule has 4 aromatic rings. The van der Waals surface area contributed by atoms with E-state index in [1.165, 1.54) is 0 Å². The molecule has 0 amide bonds. The van der Waals surface area contributed by atoms with Crippen molar-refractivity contribution in [2.75, 3.05) is 19.6 Å². The van der Waals surface area contributed by atoms with Gasteiger partial charge in [0.05, 0.1) is 40.7 Å². The zero-order valence-corrected chi connectivity index (χ0v) is 18.2. The van der Waals surface area contributed by atoms with E-state index in [9.17, 15) is 4.79 Å². The SMILES string of the molecule is CCc1nc(C)cn2nc(-c3cc(=O)n4cc(C5CCN(CC)CC5)ncc4n3)cc12. The highest BCUT2D eigenvalue weighted by molar-refractivity contribution is 5.66. The molecule has 0 saturated carbocycles. The van der Waals surface area contributed by atoms with E-state index in [4.69, 9.17) is 0 Å². The van der Waals surface area contributed by atoms with Gasteiger partial charge >= 0.3 is 0 Å². The van der Waals surface area contributed by atoms with Crippen molar-refractivity contribution in [1.29, 1.82) is 0 Å². The zero-order valence-electron chi connectivity index (χ0n) is 18.2. The van der Waals surface area contributed by atoms with E-state index >= 15 is 0 Å². The highest BCUT2D eigenvalue weighted by Gasteiger charge is 2.21. The molecule has 1 saturated heterocycles. The Balaban J connectivity index is 1.52. The van der Waals surface area contributed by atoms with Crippen LogP contribution in [0.4, 0.5) is 0 Å². The fraction of sp³-hybridized carbons (Fsp3) is 0.435. The van der Waals surface area contributed by atoms with Crippen molar-refractivity contribution in [1.82, 2.24) is 33.9 Å². The Bertz CT molecular complexity index is 1310. The van der Waals surface area contributed by atoms with Gasteiger partial charge in [0, 0.05) is 18.2 Å². The maximum absolute atomic E-state index is 12.9. The smallest absolute Gasteiger partial charge is 0.258 e. The van der Waals surface area contributed by atoms with E-state index in [1.54, 1.807) is 16.7 Å². The van der Waals surface area contributed by atoms with Crippen LogP contribution in [0.3, 0.4) is 0 Å². The minimum absolute atomic E-state index is 0.114. The Kier molecular flexibility index (Phi) is 5.02. The predicted molar refractivity (Wildman–Crippen MR) is 119 cm³/mol. The van der Waals surface area contributed by atoms with Gasteiger partial charge in [-0.15, -0.1) is 0 Å². The largest absolute Gasteiger partial charge is 0.304 e. The minimum Gasteiger partial charge on any atom is -0.304 e. The quantitative estimate of drug-likeness (QED) is 0.508. The zero-order chi connectivity index (χ0) is 21.5. The second-order valence-corrected chi connectivity index (χ2v) is 8.27. The van der Waals surface area contributed by atoms with E-state index in [0.29, 0.717) is 23.0 Å². The average Bonchev–Trinajstić information content (AvgIpc) is 3.22. The molecule has 0 N–H and O–H groups in total. The Labute approximate surface area is 180 Å². The van der Waals surface area contributed by atoms with Crippen LogP contribution in [0, 0.1) is 6.92 Å². The summed E-state index contributed by atoms with van der Waals surface area (Å²) in [5.74, 6) is 0.389. The second-order valence-electron chi connectivity index (χ2n) is 8.27. The number of fused-ring (bicyclic) bond motifs is 2. The molecular formula is C23H27N7O. The molecule has 8 nitrogen and oxygen atoms in total. The predicted octanol–water partition coefficient (Wildman–Crippen LogP) is 2.87. The van der Waals surface area contributed by atoms with Crippen molar-refractivity contribution in [3.63, 3.8) is 0 Å². The maximum Gasteiger partial charge on any atom is 0.258 e. The maximum atomic E-state index is 12.9. The molecule has 0 spiro atoms. The van der Waals surface area contributed by atoms with Crippen molar-refractivity contribution in [2.45, 2.75) is 46.0 Å². The third kappa shape index (κ3) is 3.61. The molecular weight excluding hydrogens is 390 g/mol. The Morgan fingerprint density at radius 3 is 2.61 bits per heavy atom. The molecule has 0 atom stereocenters. The lowest BCUT2D eigenvalue weighted by Gasteiger charge is -2.30. The number of hydrogen-bond donors (Lipinski definition) is 0. The van der Waals surface area contributed by atoms with Crippen molar-refractivity contribution in [2.24, 2.45) is 0 Å². The summed E-state index contributed by atoms with van der Waals surface area (Å²) in [5.41, 5.74) is 5.45. The molecule has 1 aliphatic heterocycles. The van der Waals surface area contributed by atoms with Crippen molar-refractivity contribution >= 4 is 11.2 Å². The van der Waals surface area contributed by atoms with Gasteiger partial charge in [-0.1, -0.05) is 13.8 Å². The number of nitrogens with zero attached hydrogens (tertiary/aromatic N) is 7.